The lowest BCUT2D eigenvalue weighted by Crippen LogP contribution is -2.29. The molecule has 2 atom stereocenters. The molecule has 11 heteroatoms. The second kappa shape index (κ2) is 11.2. The Kier molecular flexibility index (Phi) is 7.17. The monoisotopic (exact) mass is 567 g/mol. The number of oxazole rings is 1. The van der Waals surface area contributed by atoms with E-state index in [0.717, 1.165) is 16.8 Å². The lowest BCUT2D eigenvalue weighted by atomic mass is 9.89. The Hall–Kier alpha value is -5.03. The summed E-state index contributed by atoms with van der Waals surface area (Å²) in [5.74, 6) is -2.33. The summed E-state index contributed by atoms with van der Waals surface area (Å²) in [5.41, 5.74) is 4.14. The first-order valence-electron chi connectivity index (χ1n) is 12.9. The van der Waals surface area contributed by atoms with E-state index in [4.69, 9.17) is 4.42 Å². The van der Waals surface area contributed by atoms with Gasteiger partial charge < -0.3 is 25.1 Å². The maximum atomic E-state index is 12.8. The van der Waals surface area contributed by atoms with Gasteiger partial charge in [0.15, 0.2) is 5.58 Å². The van der Waals surface area contributed by atoms with Gasteiger partial charge in [-0.15, -0.1) is 11.3 Å². The van der Waals surface area contributed by atoms with Gasteiger partial charge >= 0.3 is 5.97 Å². The van der Waals surface area contributed by atoms with Crippen LogP contribution in [0.5, 0.6) is 0 Å². The lowest BCUT2D eigenvalue weighted by molar-refractivity contribution is -0.141. The van der Waals surface area contributed by atoms with Gasteiger partial charge in [0.05, 0.1) is 29.1 Å². The first-order chi connectivity index (χ1) is 19.9. The summed E-state index contributed by atoms with van der Waals surface area (Å²) < 4.78 is 5.80. The molecule has 6 rings (SSSR count). The van der Waals surface area contributed by atoms with Crippen LogP contribution in [0.25, 0.3) is 11.1 Å². The third-order valence-electron chi connectivity index (χ3n) is 7.01. The Morgan fingerprint density at radius 3 is 2.61 bits per heavy atom. The van der Waals surface area contributed by atoms with E-state index in [1.54, 1.807) is 59.8 Å². The molecule has 0 bridgehead atoms. The first kappa shape index (κ1) is 26.2. The molecule has 2 amide bonds. The van der Waals surface area contributed by atoms with Gasteiger partial charge in [-0.1, -0.05) is 24.3 Å². The number of hydrogen-bond acceptors (Lipinski definition) is 8. The van der Waals surface area contributed by atoms with Gasteiger partial charge in [-0.05, 0) is 59.0 Å². The van der Waals surface area contributed by atoms with Crippen molar-refractivity contribution in [1.29, 1.82) is 0 Å². The van der Waals surface area contributed by atoms with Gasteiger partial charge in [0, 0.05) is 30.9 Å². The number of aromatic nitrogens is 2. The molecule has 10 nitrogen and oxygen atoms in total. The van der Waals surface area contributed by atoms with Gasteiger partial charge in [-0.2, -0.15) is 4.98 Å². The first-order valence-corrected chi connectivity index (χ1v) is 13.8. The van der Waals surface area contributed by atoms with Crippen molar-refractivity contribution in [3.8, 4) is 0 Å². The highest BCUT2D eigenvalue weighted by Crippen LogP contribution is 2.35. The number of anilines is 3. The van der Waals surface area contributed by atoms with Gasteiger partial charge in [-0.3, -0.25) is 19.4 Å². The quantitative estimate of drug-likeness (QED) is 0.234. The van der Waals surface area contributed by atoms with E-state index in [-0.39, 0.29) is 30.7 Å². The molecule has 2 aromatic carbocycles. The Bertz CT molecular complexity index is 1700. The molecule has 1 aliphatic heterocycles. The predicted octanol–water partition coefficient (Wildman–Crippen LogP) is 5.15. The second-order valence-corrected chi connectivity index (χ2v) is 10.7. The molecule has 1 aliphatic rings. The number of carboxylic acids is 1. The molecule has 0 spiro atoms. The number of nitrogens with zero attached hydrogens (tertiary/aromatic N) is 3. The van der Waals surface area contributed by atoms with Crippen LogP contribution in [0.1, 0.15) is 26.7 Å². The lowest BCUT2D eigenvalue weighted by Gasteiger charge is -2.16. The minimum absolute atomic E-state index is 0.132. The number of aliphatic carboxylic acids is 1. The number of amides is 2. The zero-order chi connectivity index (χ0) is 28.3. The summed E-state index contributed by atoms with van der Waals surface area (Å²) in [5, 5.41) is 17.6. The molecule has 1 fully saturated rings. The van der Waals surface area contributed by atoms with E-state index in [2.05, 4.69) is 20.6 Å². The number of carbonyl (C=O) groups excluding carboxylic acids is 2. The van der Waals surface area contributed by atoms with Crippen molar-refractivity contribution in [2.24, 2.45) is 5.92 Å². The minimum atomic E-state index is -0.933. The minimum Gasteiger partial charge on any atom is -0.481 e. The van der Waals surface area contributed by atoms with Crippen molar-refractivity contribution in [1.82, 2.24) is 14.9 Å². The number of thiophene rings is 1. The average Bonchev–Trinajstić information content (AvgIpc) is 3.73. The van der Waals surface area contributed by atoms with E-state index in [1.165, 1.54) is 11.3 Å². The van der Waals surface area contributed by atoms with Crippen molar-refractivity contribution in [2.75, 3.05) is 23.7 Å². The maximum absolute atomic E-state index is 12.8. The van der Waals surface area contributed by atoms with Crippen molar-refractivity contribution >= 4 is 57.6 Å². The topological polar surface area (TPSA) is 138 Å². The molecule has 0 saturated carbocycles. The molecule has 4 heterocycles. The highest BCUT2D eigenvalue weighted by molar-refractivity contribution is 7.12. The molecule has 5 aromatic rings. The molecular formula is C30H25N5O5S. The molecule has 206 valence electrons. The fourth-order valence-electron chi connectivity index (χ4n) is 5.01. The number of benzene rings is 2. The van der Waals surface area contributed by atoms with Crippen LogP contribution in [0.3, 0.4) is 0 Å². The summed E-state index contributed by atoms with van der Waals surface area (Å²) in [4.78, 5) is 48.2. The highest BCUT2D eigenvalue weighted by Gasteiger charge is 2.40. The largest absolute Gasteiger partial charge is 0.481 e. The Labute approximate surface area is 238 Å². The smallest absolute Gasteiger partial charge is 0.308 e. The van der Waals surface area contributed by atoms with E-state index in [9.17, 15) is 19.5 Å². The Morgan fingerprint density at radius 1 is 1.02 bits per heavy atom. The second-order valence-electron chi connectivity index (χ2n) is 9.77. The normalized spacial score (nSPS) is 16.5. The summed E-state index contributed by atoms with van der Waals surface area (Å²) in [6.45, 7) is 0.481. The van der Waals surface area contributed by atoms with Crippen LogP contribution < -0.4 is 10.6 Å². The van der Waals surface area contributed by atoms with Crippen LogP contribution in [-0.2, 0) is 16.0 Å². The molecule has 3 N–H and O–H groups in total. The van der Waals surface area contributed by atoms with Crippen LogP contribution >= 0.6 is 11.3 Å². The highest BCUT2D eigenvalue weighted by atomic mass is 32.1. The Morgan fingerprint density at radius 2 is 1.88 bits per heavy atom. The standard InChI is InChI=1S/C30H25N5O5S/c36-27(14-18-5-10-24-25(13-18)40-30(34-24)33-21-3-1-11-31-15-21)32-20-8-6-19(7-9-20)22-16-35(17-23(22)29(38)39)28(37)26-4-2-12-41-26/h1-13,15,22-23H,14,16-17H2,(H,32,36)(H,33,34)(H,38,39). The summed E-state index contributed by atoms with van der Waals surface area (Å²) in [6.07, 6.45) is 3.47. The number of carboxylic acid groups (broad SMARTS) is 1. The van der Waals surface area contributed by atoms with E-state index in [1.807, 2.05) is 29.6 Å². The molecule has 2 unspecified atom stereocenters. The van der Waals surface area contributed by atoms with Gasteiger partial charge in [0.1, 0.15) is 5.52 Å². The fourth-order valence-corrected chi connectivity index (χ4v) is 5.70. The maximum Gasteiger partial charge on any atom is 0.308 e. The van der Waals surface area contributed by atoms with Crippen LogP contribution in [0.4, 0.5) is 17.4 Å². The third-order valence-corrected chi connectivity index (χ3v) is 7.87. The number of pyridine rings is 1. The summed E-state index contributed by atoms with van der Waals surface area (Å²) in [7, 11) is 0. The zero-order valence-corrected chi connectivity index (χ0v) is 22.5. The summed E-state index contributed by atoms with van der Waals surface area (Å²) >= 11 is 1.34. The molecule has 1 saturated heterocycles. The zero-order valence-electron chi connectivity index (χ0n) is 21.7. The number of rotatable bonds is 8. The number of nitrogens with one attached hydrogen (secondary N) is 2. The fraction of sp³-hybridized carbons (Fsp3) is 0.167. The van der Waals surface area contributed by atoms with Gasteiger partial charge in [0.2, 0.25) is 5.91 Å². The molecular weight excluding hydrogens is 542 g/mol. The van der Waals surface area contributed by atoms with Crippen molar-refractivity contribution in [3.63, 3.8) is 0 Å². The number of likely N-dealkylation sites (tertiary alicyclic amines) is 1. The SMILES string of the molecule is O=C(Cc1ccc2nc(Nc3cccnc3)oc2c1)Nc1ccc(C2CN(C(=O)c3cccs3)CC2C(=O)O)cc1. The summed E-state index contributed by atoms with van der Waals surface area (Å²) in [6, 6.07) is 20.1. The van der Waals surface area contributed by atoms with Crippen molar-refractivity contribution in [3.05, 3.63) is 101 Å². The van der Waals surface area contributed by atoms with E-state index >= 15 is 0 Å². The van der Waals surface area contributed by atoms with E-state index in [0.29, 0.717) is 34.2 Å². The number of hydrogen-bond donors (Lipinski definition) is 3. The predicted molar refractivity (Wildman–Crippen MR) is 154 cm³/mol. The van der Waals surface area contributed by atoms with Crippen LogP contribution in [0, 0.1) is 5.92 Å². The Balaban J connectivity index is 1.09. The molecule has 3 aromatic heterocycles. The van der Waals surface area contributed by atoms with E-state index < -0.39 is 11.9 Å². The molecule has 0 radical (unpaired) electrons. The molecule has 0 aliphatic carbocycles. The third kappa shape index (κ3) is 5.80. The number of carbonyl (C=O) groups is 3. The van der Waals surface area contributed by atoms with Crippen LogP contribution in [0.15, 0.2) is 88.9 Å². The van der Waals surface area contributed by atoms with Gasteiger partial charge in [-0.25, -0.2) is 0 Å². The average molecular weight is 568 g/mol. The van der Waals surface area contributed by atoms with Crippen LogP contribution in [0.2, 0.25) is 0 Å². The molecule has 41 heavy (non-hydrogen) atoms. The van der Waals surface area contributed by atoms with Gasteiger partial charge in [0.25, 0.3) is 11.9 Å². The van der Waals surface area contributed by atoms with Crippen molar-refractivity contribution in [2.45, 2.75) is 12.3 Å². The van der Waals surface area contributed by atoms with Crippen LogP contribution in [-0.4, -0.2) is 50.8 Å². The number of fused-ring (bicyclic) bond motifs is 1. The van der Waals surface area contributed by atoms with Crippen molar-refractivity contribution < 1.29 is 23.9 Å².